The molecule has 0 bridgehead atoms. The molecule has 16 heavy (non-hydrogen) atoms. The van der Waals surface area contributed by atoms with Gasteiger partial charge in [-0.05, 0) is 6.92 Å². The molecule has 1 aromatic rings. The van der Waals surface area contributed by atoms with Gasteiger partial charge in [0, 0.05) is 19.7 Å². The lowest BCUT2D eigenvalue weighted by Gasteiger charge is -2.01. The Morgan fingerprint density at radius 2 is 2.38 bits per heavy atom. The molecule has 0 aliphatic heterocycles. The molecule has 0 saturated heterocycles. The molecule has 88 valence electrons. The first-order valence-corrected chi connectivity index (χ1v) is 5.40. The van der Waals surface area contributed by atoms with Crippen molar-refractivity contribution in [3.8, 4) is 0 Å². The molecule has 1 heterocycles. The topological polar surface area (TPSA) is 81.5 Å². The minimum Gasteiger partial charge on any atom is -0.383 e. The summed E-state index contributed by atoms with van der Waals surface area (Å²) < 4.78 is 4.82. The van der Waals surface area contributed by atoms with E-state index in [0.717, 1.165) is 11.3 Å². The number of ether oxygens (including phenoxy) is 1. The van der Waals surface area contributed by atoms with Crippen LogP contribution in [-0.2, 0) is 4.74 Å². The number of anilines is 1. The lowest BCUT2D eigenvalue weighted by atomic mass is 10.3. The number of nitrogens with zero attached hydrogens (tertiary/aromatic N) is 1. The number of carbonyl (C=O) groups excluding carboxylic acids is 1. The Labute approximate surface area is 96.4 Å². The van der Waals surface area contributed by atoms with Crippen LogP contribution < -0.4 is 5.32 Å². The normalized spacial score (nSPS) is 10.1. The number of ketones is 1. The highest BCUT2D eigenvalue weighted by atomic mass is 32.1. The molecule has 1 N–H and O–H groups in total. The molecule has 0 saturated carbocycles. The van der Waals surface area contributed by atoms with Crippen LogP contribution in [0.3, 0.4) is 0 Å². The van der Waals surface area contributed by atoms with Crippen LogP contribution in [0.4, 0.5) is 10.7 Å². The van der Waals surface area contributed by atoms with Crippen molar-refractivity contribution in [1.82, 2.24) is 0 Å². The number of thiophene rings is 1. The van der Waals surface area contributed by atoms with Crippen molar-refractivity contribution in [2.24, 2.45) is 0 Å². The maximum Gasteiger partial charge on any atom is 0.304 e. The molecule has 0 aliphatic carbocycles. The van der Waals surface area contributed by atoms with Crippen molar-refractivity contribution >= 4 is 27.8 Å². The van der Waals surface area contributed by atoms with E-state index in [1.54, 1.807) is 7.11 Å². The van der Waals surface area contributed by atoms with Crippen molar-refractivity contribution < 1.29 is 14.5 Å². The molecule has 0 amide bonds. The predicted octanol–water partition coefficient (Wildman–Crippen LogP) is 1.92. The van der Waals surface area contributed by atoms with Crippen molar-refractivity contribution in [1.29, 1.82) is 0 Å². The first kappa shape index (κ1) is 12.6. The fourth-order valence-electron chi connectivity index (χ4n) is 1.08. The molecule has 0 spiro atoms. The van der Waals surface area contributed by atoms with Gasteiger partial charge in [0.1, 0.15) is 0 Å². The van der Waals surface area contributed by atoms with Gasteiger partial charge >= 0.3 is 5.69 Å². The molecule has 0 aliphatic rings. The van der Waals surface area contributed by atoms with Crippen molar-refractivity contribution in [2.45, 2.75) is 6.92 Å². The summed E-state index contributed by atoms with van der Waals surface area (Å²) in [7, 11) is 1.55. The standard InChI is InChI=1S/C9H12N2O4S/c1-6(12)8-5-7(11(13)14)9(16-8)10-3-4-15-2/h5,10H,3-4H2,1-2H3. The first-order valence-electron chi connectivity index (χ1n) is 4.58. The Morgan fingerprint density at radius 3 is 2.88 bits per heavy atom. The Hall–Kier alpha value is -1.47. The van der Waals surface area contributed by atoms with E-state index in [9.17, 15) is 14.9 Å². The summed E-state index contributed by atoms with van der Waals surface area (Å²) in [5.74, 6) is -0.173. The summed E-state index contributed by atoms with van der Waals surface area (Å²) in [5, 5.41) is 14.0. The molecule has 0 aromatic carbocycles. The van der Waals surface area contributed by atoms with Crippen molar-refractivity contribution in [3.05, 3.63) is 21.1 Å². The van der Waals surface area contributed by atoms with Gasteiger partial charge in [0.05, 0.1) is 16.4 Å². The van der Waals surface area contributed by atoms with Crippen LogP contribution in [0.15, 0.2) is 6.07 Å². The summed E-state index contributed by atoms with van der Waals surface area (Å²) in [6.07, 6.45) is 0. The van der Waals surface area contributed by atoms with E-state index in [-0.39, 0.29) is 11.5 Å². The number of Topliss-reactive ketones (excluding diaryl/α,β-unsaturated/α-hetero) is 1. The quantitative estimate of drug-likeness (QED) is 0.358. The molecule has 7 heteroatoms. The third-order valence-electron chi connectivity index (χ3n) is 1.85. The average molecular weight is 244 g/mol. The number of hydrogen-bond acceptors (Lipinski definition) is 6. The number of nitro groups is 1. The Balaban J connectivity index is 2.87. The number of carbonyl (C=O) groups is 1. The van der Waals surface area contributed by atoms with Crippen LogP contribution in [0.25, 0.3) is 0 Å². The van der Waals surface area contributed by atoms with E-state index in [0.29, 0.717) is 23.0 Å². The monoisotopic (exact) mass is 244 g/mol. The van der Waals surface area contributed by atoms with Gasteiger partial charge in [-0.25, -0.2) is 0 Å². The molecule has 0 unspecified atom stereocenters. The number of nitrogens with one attached hydrogen (secondary N) is 1. The molecule has 0 atom stereocenters. The van der Waals surface area contributed by atoms with Gasteiger partial charge in [-0.2, -0.15) is 0 Å². The minimum atomic E-state index is -0.502. The molecule has 0 radical (unpaired) electrons. The molecule has 1 aromatic heterocycles. The van der Waals surface area contributed by atoms with Crippen LogP contribution in [-0.4, -0.2) is 31.0 Å². The molecule has 6 nitrogen and oxygen atoms in total. The maximum absolute atomic E-state index is 11.1. The van der Waals surface area contributed by atoms with E-state index in [1.807, 2.05) is 0 Å². The summed E-state index contributed by atoms with van der Waals surface area (Å²) in [5.41, 5.74) is -0.0636. The molecular formula is C9H12N2O4S. The first-order chi connectivity index (χ1) is 7.56. The van der Waals surface area contributed by atoms with Gasteiger partial charge in [0.15, 0.2) is 10.8 Å². The number of rotatable bonds is 6. The SMILES string of the molecule is COCCNc1sc(C(C)=O)cc1[N+](=O)[O-]. The van der Waals surface area contributed by atoms with E-state index < -0.39 is 4.92 Å². The third kappa shape index (κ3) is 3.01. The van der Waals surface area contributed by atoms with Gasteiger partial charge in [0.25, 0.3) is 0 Å². The van der Waals surface area contributed by atoms with Crippen LogP contribution in [0.2, 0.25) is 0 Å². The summed E-state index contributed by atoms with van der Waals surface area (Å²) in [6.45, 7) is 2.30. The maximum atomic E-state index is 11.1. The summed E-state index contributed by atoms with van der Waals surface area (Å²) >= 11 is 1.09. The lowest BCUT2D eigenvalue weighted by molar-refractivity contribution is -0.383. The van der Waals surface area contributed by atoms with Crippen LogP contribution >= 0.6 is 11.3 Å². The Morgan fingerprint density at radius 1 is 1.69 bits per heavy atom. The summed E-state index contributed by atoms with van der Waals surface area (Å²) in [4.78, 5) is 21.7. The van der Waals surface area contributed by atoms with E-state index >= 15 is 0 Å². The predicted molar refractivity (Wildman–Crippen MR) is 61.3 cm³/mol. The minimum absolute atomic E-state index is 0.0636. The highest BCUT2D eigenvalue weighted by Gasteiger charge is 2.20. The second-order valence-electron chi connectivity index (χ2n) is 3.06. The molecule has 1 rings (SSSR count). The zero-order valence-electron chi connectivity index (χ0n) is 8.98. The zero-order valence-corrected chi connectivity index (χ0v) is 9.80. The van der Waals surface area contributed by atoms with Crippen LogP contribution in [0, 0.1) is 10.1 Å². The number of hydrogen-bond donors (Lipinski definition) is 1. The van der Waals surface area contributed by atoms with Gasteiger partial charge in [-0.1, -0.05) is 0 Å². The van der Waals surface area contributed by atoms with E-state index in [4.69, 9.17) is 4.74 Å². The van der Waals surface area contributed by atoms with Gasteiger partial charge in [0.2, 0.25) is 0 Å². The van der Waals surface area contributed by atoms with Crippen LogP contribution in [0.5, 0.6) is 0 Å². The van der Waals surface area contributed by atoms with Gasteiger partial charge < -0.3 is 10.1 Å². The lowest BCUT2D eigenvalue weighted by Crippen LogP contribution is -2.07. The van der Waals surface area contributed by atoms with Crippen molar-refractivity contribution in [3.63, 3.8) is 0 Å². The second-order valence-corrected chi connectivity index (χ2v) is 4.11. The summed E-state index contributed by atoms with van der Waals surface area (Å²) in [6, 6.07) is 1.29. The zero-order chi connectivity index (χ0) is 12.1. The highest BCUT2D eigenvalue weighted by Crippen LogP contribution is 2.34. The second kappa shape index (κ2) is 5.57. The fourth-order valence-corrected chi connectivity index (χ4v) is 2.03. The fraction of sp³-hybridized carbons (Fsp3) is 0.444. The van der Waals surface area contributed by atoms with Gasteiger partial charge in [-0.15, -0.1) is 11.3 Å². The Kier molecular flexibility index (Phi) is 4.39. The average Bonchev–Trinajstić information content (AvgIpc) is 2.62. The third-order valence-corrected chi connectivity index (χ3v) is 3.03. The molecular weight excluding hydrogens is 232 g/mol. The highest BCUT2D eigenvalue weighted by molar-refractivity contribution is 7.18. The van der Waals surface area contributed by atoms with Crippen molar-refractivity contribution in [2.75, 3.05) is 25.6 Å². The van der Waals surface area contributed by atoms with E-state index in [2.05, 4.69) is 5.32 Å². The molecule has 0 fully saturated rings. The Bertz CT molecular complexity index is 402. The largest absolute Gasteiger partial charge is 0.383 e. The van der Waals surface area contributed by atoms with E-state index in [1.165, 1.54) is 13.0 Å². The number of methoxy groups -OCH3 is 1. The smallest absolute Gasteiger partial charge is 0.304 e. The van der Waals surface area contributed by atoms with Gasteiger partial charge in [-0.3, -0.25) is 14.9 Å². The van der Waals surface area contributed by atoms with Crippen LogP contribution in [0.1, 0.15) is 16.6 Å².